The summed E-state index contributed by atoms with van der Waals surface area (Å²) in [6.45, 7) is 7.02. The summed E-state index contributed by atoms with van der Waals surface area (Å²) < 4.78 is 0. The van der Waals surface area contributed by atoms with Gasteiger partial charge in [-0.15, -0.1) is 0 Å². The van der Waals surface area contributed by atoms with Crippen molar-refractivity contribution < 1.29 is 0 Å². The van der Waals surface area contributed by atoms with Crippen molar-refractivity contribution in [2.45, 2.75) is 316 Å². The molecule has 0 bridgehead atoms. The molecule has 0 aromatic carbocycles. The summed E-state index contributed by atoms with van der Waals surface area (Å²) in [5.74, 6) is 0.896. The van der Waals surface area contributed by atoms with Gasteiger partial charge in [0.25, 0.3) is 0 Å². The summed E-state index contributed by atoms with van der Waals surface area (Å²) in [7, 11) is 0. The van der Waals surface area contributed by atoms with Crippen LogP contribution in [-0.4, -0.2) is 0 Å². The number of hydrogen-bond donors (Lipinski definition) is 0. The van der Waals surface area contributed by atoms with Crippen LogP contribution in [0.15, 0.2) is 0 Å². The highest BCUT2D eigenvalue weighted by molar-refractivity contribution is 4.54. The molecule has 0 saturated heterocycles. The van der Waals surface area contributed by atoms with E-state index in [-0.39, 0.29) is 0 Å². The Kier molecular flexibility index (Phi) is 47.0. The SMILES string of the molecule is CCCCCCCCCCCCCCCCCCCCCCCCCCCCCCCCCCCCCCCCCCCCCCCC(C)C. The lowest BCUT2D eigenvalue weighted by Gasteiger charge is -2.05. The molecule has 0 aliphatic rings. The Morgan fingerprint density at radius 2 is 0.300 bits per heavy atom. The topological polar surface area (TPSA) is 0 Å². The van der Waals surface area contributed by atoms with Crippen LogP contribution in [-0.2, 0) is 0 Å². The zero-order valence-corrected chi connectivity index (χ0v) is 36.1. The summed E-state index contributed by atoms with van der Waals surface area (Å²) in [5, 5.41) is 0. The smallest absolute Gasteiger partial charge is 0.0471 e. The second kappa shape index (κ2) is 47.0. The molecule has 0 rings (SSSR count). The predicted molar refractivity (Wildman–Crippen MR) is 233 cm³/mol. The summed E-state index contributed by atoms with van der Waals surface area (Å²) in [6, 6.07) is 0. The van der Waals surface area contributed by atoms with E-state index < -0.39 is 0 Å². The molecule has 0 N–H and O–H groups in total. The van der Waals surface area contributed by atoms with E-state index in [0.29, 0.717) is 0 Å². The second-order valence-corrected chi connectivity index (χ2v) is 17.7. The highest BCUT2D eigenvalue weighted by Crippen LogP contribution is 2.18. The predicted octanol–water partition coefficient (Wildman–Crippen LogP) is 19.6. The van der Waals surface area contributed by atoms with Crippen LogP contribution in [0.1, 0.15) is 316 Å². The molecule has 0 aromatic rings. The highest BCUT2D eigenvalue weighted by atomic mass is 14.1. The van der Waals surface area contributed by atoms with E-state index in [9.17, 15) is 0 Å². The Morgan fingerprint density at radius 3 is 0.420 bits per heavy atom. The van der Waals surface area contributed by atoms with E-state index in [2.05, 4.69) is 20.8 Å². The molecule has 0 atom stereocenters. The minimum atomic E-state index is 0.896. The van der Waals surface area contributed by atoms with Gasteiger partial charge in [-0.3, -0.25) is 0 Å². The third kappa shape index (κ3) is 48.0. The van der Waals surface area contributed by atoms with E-state index >= 15 is 0 Å². The van der Waals surface area contributed by atoms with Crippen LogP contribution < -0.4 is 0 Å². The van der Waals surface area contributed by atoms with Crippen molar-refractivity contribution in [2.75, 3.05) is 0 Å². The van der Waals surface area contributed by atoms with E-state index in [4.69, 9.17) is 0 Å². The molecule has 0 heteroatoms. The van der Waals surface area contributed by atoms with Crippen LogP contribution in [0.5, 0.6) is 0 Å². The molecule has 302 valence electrons. The van der Waals surface area contributed by atoms with E-state index in [1.165, 1.54) is 295 Å². The zero-order chi connectivity index (χ0) is 36.1. The van der Waals surface area contributed by atoms with Crippen molar-refractivity contribution in [2.24, 2.45) is 5.92 Å². The fourth-order valence-electron chi connectivity index (χ4n) is 8.23. The summed E-state index contributed by atoms with van der Waals surface area (Å²) in [5.41, 5.74) is 0. The molecule has 0 spiro atoms. The molecule has 0 amide bonds. The van der Waals surface area contributed by atoms with Gasteiger partial charge in [0.1, 0.15) is 0 Å². The molecule has 0 radical (unpaired) electrons. The van der Waals surface area contributed by atoms with Crippen molar-refractivity contribution in [3.8, 4) is 0 Å². The van der Waals surface area contributed by atoms with Crippen molar-refractivity contribution in [3.05, 3.63) is 0 Å². The lowest BCUT2D eigenvalue weighted by Crippen LogP contribution is -1.87. The van der Waals surface area contributed by atoms with Gasteiger partial charge in [0, 0.05) is 0 Å². The van der Waals surface area contributed by atoms with Crippen LogP contribution in [0.4, 0.5) is 0 Å². The Labute approximate surface area is 321 Å². The first-order chi connectivity index (χ1) is 24.8. The van der Waals surface area contributed by atoms with Crippen LogP contribution >= 0.6 is 0 Å². The normalized spacial score (nSPS) is 11.8. The molecule has 0 unspecified atom stereocenters. The third-order valence-electron chi connectivity index (χ3n) is 11.9. The fraction of sp³-hybridized carbons (Fsp3) is 1.00. The maximum absolute atomic E-state index is 2.35. The first kappa shape index (κ1) is 50.0. The molecule has 0 saturated carbocycles. The Morgan fingerprint density at radius 1 is 0.180 bits per heavy atom. The average molecular weight is 703 g/mol. The van der Waals surface area contributed by atoms with Crippen molar-refractivity contribution in [1.82, 2.24) is 0 Å². The van der Waals surface area contributed by atoms with Gasteiger partial charge in [-0.2, -0.15) is 0 Å². The lowest BCUT2D eigenvalue weighted by atomic mass is 10.0. The van der Waals surface area contributed by atoms with Gasteiger partial charge in [-0.25, -0.2) is 0 Å². The molecule has 0 aliphatic heterocycles. The molecule has 0 aromatic heterocycles. The molecule has 0 heterocycles. The first-order valence-corrected chi connectivity index (χ1v) is 24.8. The standard InChI is InChI=1S/C50H102/c1-4-5-6-7-8-9-10-11-12-13-14-15-16-17-18-19-20-21-22-23-24-25-26-27-28-29-30-31-32-33-34-35-36-37-38-39-40-41-42-43-44-45-46-47-48-49-50(2)3/h50H,4-49H2,1-3H3. The summed E-state index contributed by atoms with van der Waals surface area (Å²) >= 11 is 0. The average Bonchev–Trinajstić information content (AvgIpc) is 3.11. The third-order valence-corrected chi connectivity index (χ3v) is 11.9. The van der Waals surface area contributed by atoms with Gasteiger partial charge in [0.15, 0.2) is 0 Å². The Bertz CT molecular complexity index is 548. The molecular formula is C50H102. The van der Waals surface area contributed by atoms with Crippen LogP contribution in [0.2, 0.25) is 0 Å². The maximum Gasteiger partial charge on any atom is -0.0471 e. The van der Waals surface area contributed by atoms with Crippen LogP contribution in [0, 0.1) is 5.92 Å². The monoisotopic (exact) mass is 703 g/mol. The van der Waals surface area contributed by atoms with Gasteiger partial charge in [-0.1, -0.05) is 316 Å². The minimum absolute atomic E-state index is 0.896. The van der Waals surface area contributed by atoms with E-state index in [1.807, 2.05) is 0 Å². The van der Waals surface area contributed by atoms with Crippen LogP contribution in [0.3, 0.4) is 0 Å². The van der Waals surface area contributed by atoms with Gasteiger partial charge in [0.2, 0.25) is 0 Å². The molecule has 0 fully saturated rings. The highest BCUT2D eigenvalue weighted by Gasteiger charge is 1.99. The summed E-state index contributed by atoms with van der Waals surface area (Å²) in [6.07, 6.45) is 68.4. The number of rotatable bonds is 46. The van der Waals surface area contributed by atoms with E-state index in [0.717, 1.165) is 5.92 Å². The minimum Gasteiger partial charge on any atom is -0.0654 e. The fourth-order valence-corrected chi connectivity index (χ4v) is 8.23. The molecular weight excluding hydrogens is 601 g/mol. The zero-order valence-electron chi connectivity index (χ0n) is 36.1. The van der Waals surface area contributed by atoms with Gasteiger partial charge in [-0.05, 0) is 5.92 Å². The summed E-state index contributed by atoms with van der Waals surface area (Å²) in [4.78, 5) is 0. The van der Waals surface area contributed by atoms with Crippen molar-refractivity contribution in [1.29, 1.82) is 0 Å². The van der Waals surface area contributed by atoms with Gasteiger partial charge in [0.05, 0.1) is 0 Å². The van der Waals surface area contributed by atoms with Crippen molar-refractivity contribution >= 4 is 0 Å². The second-order valence-electron chi connectivity index (χ2n) is 17.7. The largest absolute Gasteiger partial charge is 0.0654 e. The maximum atomic E-state index is 2.35. The quantitative estimate of drug-likeness (QED) is 0.0554. The molecule has 0 aliphatic carbocycles. The van der Waals surface area contributed by atoms with Gasteiger partial charge >= 0.3 is 0 Å². The molecule has 50 heavy (non-hydrogen) atoms. The van der Waals surface area contributed by atoms with E-state index in [1.54, 1.807) is 0 Å². The first-order valence-electron chi connectivity index (χ1n) is 24.8. The number of hydrogen-bond acceptors (Lipinski definition) is 0. The lowest BCUT2D eigenvalue weighted by molar-refractivity contribution is 0.500. The Hall–Kier alpha value is 0. The van der Waals surface area contributed by atoms with Gasteiger partial charge < -0.3 is 0 Å². The molecule has 0 nitrogen and oxygen atoms in total. The number of unbranched alkanes of at least 4 members (excludes halogenated alkanes) is 44. The van der Waals surface area contributed by atoms with Crippen LogP contribution in [0.25, 0.3) is 0 Å². The van der Waals surface area contributed by atoms with Crippen molar-refractivity contribution in [3.63, 3.8) is 0 Å². The Balaban J connectivity index is 3.05.